The molecule has 7 aliphatic rings. The van der Waals surface area contributed by atoms with Gasteiger partial charge in [0.2, 0.25) is 0 Å². The fraction of sp³-hybridized carbons (Fsp3) is 0.217. The molecule has 4 fully saturated rings. The van der Waals surface area contributed by atoms with E-state index in [4.69, 9.17) is 0 Å². The van der Waals surface area contributed by atoms with Crippen LogP contribution >= 0.6 is 0 Å². The number of benzene rings is 9. The van der Waals surface area contributed by atoms with Crippen molar-refractivity contribution in [3.63, 3.8) is 0 Å². The highest BCUT2D eigenvalue weighted by atomic mass is 15.1. The summed E-state index contributed by atoms with van der Waals surface area (Å²) >= 11 is 0. The predicted molar refractivity (Wildman–Crippen MR) is 289 cm³/mol. The van der Waals surface area contributed by atoms with Crippen molar-refractivity contribution in [2.75, 3.05) is 4.90 Å². The van der Waals surface area contributed by atoms with Crippen molar-refractivity contribution in [2.24, 2.45) is 23.7 Å². The molecule has 7 aliphatic carbocycles. The van der Waals surface area contributed by atoms with Crippen LogP contribution < -0.4 is 4.90 Å². The second kappa shape index (κ2) is 15.1. The predicted octanol–water partition coefficient (Wildman–Crippen LogP) is 17.3. The quantitative estimate of drug-likeness (QED) is 0.166. The molecule has 0 saturated heterocycles. The summed E-state index contributed by atoms with van der Waals surface area (Å²) in [5.41, 5.74) is 28.0. The Morgan fingerprint density at radius 3 is 1.63 bits per heavy atom. The molecule has 0 radical (unpaired) electrons. The van der Waals surface area contributed by atoms with Gasteiger partial charge in [0.05, 0.1) is 11.1 Å². The number of anilines is 3. The first-order valence-electron chi connectivity index (χ1n) is 26.2. The number of hydrogen-bond donors (Lipinski definition) is 0. The molecule has 2 spiro atoms. The van der Waals surface area contributed by atoms with Crippen LogP contribution in [0.3, 0.4) is 0 Å². The summed E-state index contributed by atoms with van der Waals surface area (Å²) in [5.74, 6) is 3.26. The van der Waals surface area contributed by atoms with Gasteiger partial charge in [0.1, 0.15) is 0 Å². The normalized spacial score (nSPS) is 22.2. The summed E-state index contributed by atoms with van der Waals surface area (Å²) in [6.07, 6.45) is 9.05. The lowest BCUT2D eigenvalue weighted by molar-refractivity contribution is -0.0399. The van der Waals surface area contributed by atoms with Crippen LogP contribution in [0.15, 0.2) is 200 Å². The first-order chi connectivity index (χ1) is 34.5. The molecular formula is C69H57N. The molecule has 70 heavy (non-hydrogen) atoms. The van der Waals surface area contributed by atoms with E-state index < -0.39 is 5.41 Å². The van der Waals surface area contributed by atoms with Gasteiger partial charge in [-0.1, -0.05) is 175 Å². The Kier molecular flexibility index (Phi) is 8.79. The van der Waals surface area contributed by atoms with Crippen molar-refractivity contribution < 1.29 is 0 Å². The Balaban J connectivity index is 0.991. The maximum atomic E-state index is 2.63. The van der Waals surface area contributed by atoms with Crippen molar-refractivity contribution in [3.05, 3.63) is 256 Å². The van der Waals surface area contributed by atoms with Crippen LogP contribution in [0.5, 0.6) is 0 Å². The van der Waals surface area contributed by atoms with Gasteiger partial charge in [0, 0.05) is 22.4 Å². The van der Waals surface area contributed by atoms with Gasteiger partial charge in [-0.3, -0.25) is 0 Å². The van der Waals surface area contributed by atoms with Crippen LogP contribution in [-0.4, -0.2) is 0 Å². The van der Waals surface area contributed by atoms with Crippen LogP contribution in [0.1, 0.15) is 87.7 Å². The highest BCUT2D eigenvalue weighted by Crippen LogP contribution is 2.70. The molecule has 4 saturated carbocycles. The van der Waals surface area contributed by atoms with Gasteiger partial charge in [-0.2, -0.15) is 0 Å². The Bertz CT molecular complexity index is 3530. The molecule has 0 heterocycles. The molecule has 1 heteroatoms. The van der Waals surface area contributed by atoms with E-state index in [1.165, 1.54) is 138 Å². The van der Waals surface area contributed by atoms with Gasteiger partial charge in [-0.05, 0) is 202 Å². The highest BCUT2D eigenvalue weighted by Gasteiger charge is 2.61. The molecule has 0 amide bonds. The van der Waals surface area contributed by atoms with Crippen molar-refractivity contribution in [1.82, 2.24) is 0 Å². The average molecular weight is 900 g/mol. The monoisotopic (exact) mass is 899 g/mol. The molecule has 4 bridgehead atoms. The van der Waals surface area contributed by atoms with Crippen molar-refractivity contribution in [1.29, 1.82) is 0 Å². The van der Waals surface area contributed by atoms with E-state index >= 15 is 0 Å². The third-order valence-electron chi connectivity index (χ3n) is 18.5. The third-order valence-corrected chi connectivity index (χ3v) is 18.5. The molecule has 0 atom stereocenters. The van der Waals surface area contributed by atoms with Crippen LogP contribution in [0.4, 0.5) is 17.1 Å². The third kappa shape index (κ3) is 5.61. The van der Waals surface area contributed by atoms with Gasteiger partial charge in [-0.25, -0.2) is 0 Å². The number of fused-ring (bicyclic) bond motifs is 12. The van der Waals surface area contributed by atoms with E-state index in [1.54, 1.807) is 11.1 Å². The zero-order valence-corrected chi connectivity index (χ0v) is 40.3. The molecular weight excluding hydrogens is 843 g/mol. The molecule has 0 unspecified atom stereocenters. The number of hydrogen-bond acceptors (Lipinski definition) is 1. The number of aryl methyl sites for hydroxylation is 4. The zero-order chi connectivity index (χ0) is 46.3. The van der Waals surface area contributed by atoms with Crippen LogP contribution in [-0.2, 0) is 23.7 Å². The van der Waals surface area contributed by atoms with Crippen LogP contribution in [0.2, 0.25) is 0 Å². The fourth-order valence-corrected chi connectivity index (χ4v) is 16.1. The Morgan fingerprint density at radius 1 is 0.371 bits per heavy atom. The maximum absolute atomic E-state index is 2.63. The molecule has 1 nitrogen and oxygen atoms in total. The summed E-state index contributed by atoms with van der Waals surface area (Å²) in [5, 5.41) is 0. The van der Waals surface area contributed by atoms with Crippen LogP contribution in [0, 0.1) is 37.5 Å². The first kappa shape index (κ1) is 40.6. The minimum atomic E-state index is -0.477. The molecule has 16 rings (SSSR count). The summed E-state index contributed by atoms with van der Waals surface area (Å²) in [7, 11) is 0. The standard InChI is InChI=1S/C69H57N/c1-43-25-27-48-29-30-49-28-26-44(2)34-65(49)69(64(48)33-43)61-22-9-7-20-58(61)67-63(69)23-12-24-66(67)70(55-18-11-17-52(41-55)51-16-10-15-50(40-51)47-13-4-3-5-14-47)56-31-32-62-59(42-56)57-19-6-8-21-60(57)68(62)53-36-45-35-46(38-53)39-54(68)37-45/h3-28,31-34,40-42,45-46,53-54H,29-30,35-39H2,1-2H3. The van der Waals surface area contributed by atoms with Gasteiger partial charge in [-0.15, -0.1) is 0 Å². The maximum Gasteiger partial charge on any atom is 0.0719 e. The van der Waals surface area contributed by atoms with Crippen LogP contribution in [0.25, 0.3) is 44.5 Å². The smallest absolute Gasteiger partial charge is 0.0719 e. The summed E-state index contributed by atoms with van der Waals surface area (Å²) in [6.45, 7) is 4.55. The van der Waals surface area contributed by atoms with E-state index in [1.807, 2.05) is 0 Å². The lowest BCUT2D eigenvalue weighted by Gasteiger charge is -2.61. The van der Waals surface area contributed by atoms with Gasteiger partial charge < -0.3 is 4.90 Å². The second-order valence-electron chi connectivity index (χ2n) is 22.1. The fourth-order valence-electron chi connectivity index (χ4n) is 16.1. The molecule has 338 valence electrons. The number of nitrogens with zero attached hydrogens (tertiary/aromatic N) is 1. The van der Waals surface area contributed by atoms with E-state index in [2.05, 4.69) is 219 Å². The van der Waals surface area contributed by atoms with E-state index in [-0.39, 0.29) is 5.41 Å². The topological polar surface area (TPSA) is 3.24 Å². The minimum absolute atomic E-state index is 0.113. The van der Waals surface area contributed by atoms with E-state index in [0.29, 0.717) is 0 Å². The lowest BCUT2D eigenvalue weighted by Crippen LogP contribution is -2.55. The van der Waals surface area contributed by atoms with E-state index in [9.17, 15) is 0 Å². The van der Waals surface area contributed by atoms with Gasteiger partial charge in [0.15, 0.2) is 0 Å². The SMILES string of the molecule is Cc1ccc2c(c1)C1(c3cc(C)ccc3CC2)c2ccccc2-c2c(N(c3cccc(-c4cccc(-c5ccccc5)c4)c3)c3ccc4c(c3)-c3ccccc3C43C4CC5CC(C4)CC3C5)cccc21. The first-order valence-corrected chi connectivity index (χ1v) is 26.2. The zero-order valence-electron chi connectivity index (χ0n) is 40.3. The van der Waals surface area contributed by atoms with Crippen molar-refractivity contribution in [2.45, 2.75) is 69.6 Å². The van der Waals surface area contributed by atoms with Gasteiger partial charge >= 0.3 is 0 Å². The number of rotatable bonds is 5. The Hall–Kier alpha value is -7.22. The lowest BCUT2D eigenvalue weighted by atomic mass is 9.43. The second-order valence-corrected chi connectivity index (χ2v) is 22.1. The summed E-state index contributed by atoms with van der Waals surface area (Å²) < 4.78 is 0. The van der Waals surface area contributed by atoms with E-state index in [0.717, 1.165) is 36.5 Å². The molecule has 0 aromatic heterocycles. The highest BCUT2D eigenvalue weighted by molar-refractivity contribution is 5.99. The Morgan fingerprint density at radius 2 is 0.914 bits per heavy atom. The molecule has 9 aromatic carbocycles. The molecule has 9 aromatic rings. The summed E-state index contributed by atoms with van der Waals surface area (Å²) in [6, 6.07) is 77.8. The summed E-state index contributed by atoms with van der Waals surface area (Å²) in [4.78, 5) is 2.63. The van der Waals surface area contributed by atoms with Crippen molar-refractivity contribution >= 4 is 17.1 Å². The average Bonchev–Trinajstić information content (AvgIpc) is 3.82. The largest absolute Gasteiger partial charge is 0.310 e. The minimum Gasteiger partial charge on any atom is -0.310 e. The molecule has 0 N–H and O–H groups in total. The Labute approximate surface area is 413 Å². The van der Waals surface area contributed by atoms with Crippen molar-refractivity contribution in [3.8, 4) is 44.5 Å². The molecule has 0 aliphatic heterocycles. The van der Waals surface area contributed by atoms with Gasteiger partial charge in [0.25, 0.3) is 0 Å².